The van der Waals surface area contributed by atoms with E-state index in [-0.39, 0.29) is 24.7 Å². The van der Waals surface area contributed by atoms with Gasteiger partial charge in [-0.1, -0.05) is 12.1 Å². The first-order valence-electron chi connectivity index (χ1n) is 8.49. The molecule has 1 aromatic heterocycles. The summed E-state index contributed by atoms with van der Waals surface area (Å²) < 4.78 is 11.5. The van der Waals surface area contributed by atoms with E-state index in [1.54, 1.807) is 11.3 Å². The molecule has 6 heteroatoms. The molecular weight excluding hydrogens is 338 g/mol. The molecule has 0 spiro atoms. The molecule has 5 nitrogen and oxygen atoms in total. The summed E-state index contributed by atoms with van der Waals surface area (Å²) in [5.74, 6) is 0.757. The van der Waals surface area contributed by atoms with Crippen molar-refractivity contribution in [3.63, 3.8) is 0 Å². The van der Waals surface area contributed by atoms with Gasteiger partial charge in [-0.05, 0) is 52.9 Å². The molecule has 1 fully saturated rings. The Morgan fingerprint density at radius 1 is 1.28 bits per heavy atom. The van der Waals surface area contributed by atoms with Crippen LogP contribution in [0.2, 0.25) is 0 Å². The van der Waals surface area contributed by atoms with Gasteiger partial charge in [0, 0.05) is 13.0 Å². The molecule has 134 valence electrons. The second-order valence-electron chi connectivity index (χ2n) is 6.13. The van der Waals surface area contributed by atoms with Crippen molar-refractivity contribution in [2.75, 3.05) is 13.2 Å². The van der Waals surface area contributed by atoms with Crippen LogP contribution >= 0.6 is 11.3 Å². The standard InChI is InChI=1S/C19H23NO4S/c21-11-14-1-4-16(5-2-14)24-18-12-23-9-7-17(18)20-19(22)6-3-15-8-10-25-13-15/h1-2,4-5,8,10,13,17-18,21H,3,6-7,9,11-12H2,(H,20,22)/t17-,18-/m1/s1. The number of rotatable bonds is 7. The maximum absolute atomic E-state index is 12.3. The van der Waals surface area contributed by atoms with Crippen molar-refractivity contribution < 1.29 is 19.4 Å². The van der Waals surface area contributed by atoms with Crippen LogP contribution in [-0.4, -0.2) is 36.4 Å². The predicted octanol–water partition coefficient (Wildman–Crippen LogP) is 2.53. The number of carbonyl (C=O) groups excluding carboxylic acids is 1. The van der Waals surface area contributed by atoms with Gasteiger partial charge < -0.3 is 19.9 Å². The van der Waals surface area contributed by atoms with Crippen molar-refractivity contribution in [2.24, 2.45) is 0 Å². The average Bonchev–Trinajstić information content (AvgIpc) is 3.16. The molecule has 0 bridgehead atoms. The van der Waals surface area contributed by atoms with E-state index < -0.39 is 0 Å². The number of ether oxygens (including phenoxy) is 2. The molecule has 1 aliphatic heterocycles. The maximum Gasteiger partial charge on any atom is 0.220 e. The zero-order valence-corrected chi connectivity index (χ0v) is 14.8. The van der Waals surface area contributed by atoms with E-state index in [1.807, 2.05) is 35.7 Å². The first-order valence-corrected chi connectivity index (χ1v) is 9.43. The van der Waals surface area contributed by atoms with Gasteiger partial charge in [0.25, 0.3) is 0 Å². The molecule has 0 aliphatic carbocycles. The number of nitrogens with one attached hydrogen (secondary N) is 1. The maximum atomic E-state index is 12.3. The fourth-order valence-electron chi connectivity index (χ4n) is 2.81. The van der Waals surface area contributed by atoms with Crippen LogP contribution < -0.4 is 10.1 Å². The van der Waals surface area contributed by atoms with E-state index in [0.717, 1.165) is 18.4 Å². The Bertz CT molecular complexity index is 657. The normalized spacial score (nSPS) is 20.2. The van der Waals surface area contributed by atoms with Gasteiger partial charge in [0.1, 0.15) is 11.9 Å². The lowest BCUT2D eigenvalue weighted by Gasteiger charge is -2.32. The highest BCUT2D eigenvalue weighted by molar-refractivity contribution is 7.07. The van der Waals surface area contributed by atoms with Gasteiger partial charge in [-0.15, -0.1) is 0 Å². The van der Waals surface area contributed by atoms with Crippen LogP contribution in [-0.2, 0) is 22.6 Å². The van der Waals surface area contributed by atoms with Crippen LogP contribution in [0.25, 0.3) is 0 Å². The third-order valence-electron chi connectivity index (χ3n) is 4.26. The zero-order chi connectivity index (χ0) is 17.5. The Kier molecular flexibility index (Phi) is 6.44. The summed E-state index contributed by atoms with van der Waals surface area (Å²) in [5, 5.41) is 16.3. The molecule has 0 saturated carbocycles. The largest absolute Gasteiger partial charge is 0.486 e. The summed E-state index contributed by atoms with van der Waals surface area (Å²) in [6.45, 7) is 1.09. The predicted molar refractivity (Wildman–Crippen MR) is 96.8 cm³/mol. The Balaban J connectivity index is 1.53. The number of aliphatic hydroxyl groups is 1. The molecule has 2 heterocycles. The van der Waals surface area contributed by atoms with E-state index in [9.17, 15) is 4.79 Å². The summed E-state index contributed by atoms with van der Waals surface area (Å²) in [7, 11) is 0. The second-order valence-corrected chi connectivity index (χ2v) is 6.91. The average molecular weight is 361 g/mol. The number of hydrogen-bond acceptors (Lipinski definition) is 5. The van der Waals surface area contributed by atoms with Crippen molar-refractivity contribution in [3.8, 4) is 5.75 Å². The monoisotopic (exact) mass is 361 g/mol. The molecule has 1 saturated heterocycles. The molecule has 2 aromatic rings. The number of carbonyl (C=O) groups is 1. The molecule has 1 aliphatic rings. The molecule has 2 atom stereocenters. The number of aliphatic hydroxyl groups excluding tert-OH is 1. The smallest absolute Gasteiger partial charge is 0.220 e. The minimum atomic E-state index is -0.209. The molecule has 0 unspecified atom stereocenters. The quantitative estimate of drug-likeness (QED) is 0.795. The van der Waals surface area contributed by atoms with Crippen LogP contribution in [0.5, 0.6) is 5.75 Å². The lowest BCUT2D eigenvalue weighted by molar-refractivity contribution is -0.123. The van der Waals surface area contributed by atoms with Gasteiger partial charge in [-0.25, -0.2) is 0 Å². The first-order chi connectivity index (χ1) is 12.2. The van der Waals surface area contributed by atoms with Crippen LogP contribution in [0.15, 0.2) is 41.1 Å². The van der Waals surface area contributed by atoms with Gasteiger partial charge in [-0.2, -0.15) is 11.3 Å². The fourth-order valence-corrected chi connectivity index (χ4v) is 3.52. The summed E-state index contributed by atoms with van der Waals surface area (Å²) in [5.41, 5.74) is 2.04. The molecule has 0 radical (unpaired) electrons. The number of aryl methyl sites for hydroxylation is 1. The van der Waals surface area contributed by atoms with Crippen LogP contribution in [0.4, 0.5) is 0 Å². The minimum absolute atomic E-state index is 0.00956. The minimum Gasteiger partial charge on any atom is -0.486 e. The Hall–Kier alpha value is -1.89. The van der Waals surface area contributed by atoms with E-state index in [4.69, 9.17) is 14.6 Å². The second kappa shape index (κ2) is 8.99. The van der Waals surface area contributed by atoms with Gasteiger partial charge >= 0.3 is 0 Å². The molecule has 3 rings (SSSR count). The topological polar surface area (TPSA) is 67.8 Å². The van der Waals surface area contributed by atoms with Crippen molar-refractivity contribution in [1.29, 1.82) is 0 Å². The van der Waals surface area contributed by atoms with Crippen molar-refractivity contribution in [3.05, 3.63) is 52.2 Å². The zero-order valence-electron chi connectivity index (χ0n) is 14.0. The fraction of sp³-hybridized carbons (Fsp3) is 0.421. The summed E-state index contributed by atoms with van der Waals surface area (Å²) in [6, 6.07) is 9.31. The SMILES string of the molecule is O=C(CCc1ccsc1)N[C@@H]1CCOC[C@H]1Oc1ccc(CO)cc1. The lowest BCUT2D eigenvalue weighted by Crippen LogP contribution is -2.51. The number of thiophene rings is 1. The van der Waals surface area contributed by atoms with Crippen LogP contribution in [0, 0.1) is 0 Å². The third kappa shape index (κ3) is 5.29. The summed E-state index contributed by atoms with van der Waals surface area (Å²) >= 11 is 1.65. The van der Waals surface area contributed by atoms with Gasteiger partial charge in [0.2, 0.25) is 5.91 Å². The third-order valence-corrected chi connectivity index (χ3v) is 5.00. The molecule has 25 heavy (non-hydrogen) atoms. The number of amides is 1. The highest BCUT2D eigenvalue weighted by Gasteiger charge is 2.28. The Morgan fingerprint density at radius 2 is 2.12 bits per heavy atom. The highest BCUT2D eigenvalue weighted by Crippen LogP contribution is 2.19. The molecule has 1 aromatic carbocycles. The van der Waals surface area contributed by atoms with E-state index in [2.05, 4.69) is 10.7 Å². The van der Waals surface area contributed by atoms with Crippen LogP contribution in [0.1, 0.15) is 24.0 Å². The Labute approximate surface area is 151 Å². The number of benzene rings is 1. The van der Waals surface area contributed by atoms with Crippen molar-refractivity contribution in [2.45, 2.75) is 38.0 Å². The molecule has 1 amide bonds. The highest BCUT2D eigenvalue weighted by atomic mass is 32.1. The lowest BCUT2D eigenvalue weighted by atomic mass is 10.1. The number of hydrogen-bond donors (Lipinski definition) is 2. The van der Waals surface area contributed by atoms with Crippen molar-refractivity contribution >= 4 is 17.2 Å². The molecule has 2 N–H and O–H groups in total. The van der Waals surface area contributed by atoms with Crippen LogP contribution in [0.3, 0.4) is 0 Å². The first kappa shape index (κ1) is 17.9. The summed E-state index contributed by atoms with van der Waals surface area (Å²) in [6.07, 6.45) is 1.77. The van der Waals surface area contributed by atoms with E-state index in [1.165, 1.54) is 5.56 Å². The van der Waals surface area contributed by atoms with Gasteiger partial charge in [0.15, 0.2) is 0 Å². The van der Waals surface area contributed by atoms with Gasteiger partial charge in [-0.3, -0.25) is 4.79 Å². The summed E-state index contributed by atoms with van der Waals surface area (Å²) in [4.78, 5) is 12.3. The van der Waals surface area contributed by atoms with Crippen molar-refractivity contribution in [1.82, 2.24) is 5.32 Å². The van der Waals surface area contributed by atoms with Gasteiger partial charge in [0.05, 0.1) is 19.3 Å². The molecular formula is C19H23NO4S. The van der Waals surface area contributed by atoms with E-state index in [0.29, 0.717) is 25.4 Å². The Morgan fingerprint density at radius 3 is 2.84 bits per heavy atom. The van der Waals surface area contributed by atoms with E-state index >= 15 is 0 Å².